The second-order valence-electron chi connectivity index (χ2n) is 8.51. The number of nitrogens with one attached hydrogen (secondary N) is 2. The van der Waals surface area contributed by atoms with Gasteiger partial charge >= 0.3 is 5.97 Å². The molecule has 0 aromatic carbocycles. The van der Waals surface area contributed by atoms with Gasteiger partial charge in [-0.05, 0) is 31.0 Å². The molecule has 0 radical (unpaired) electrons. The van der Waals surface area contributed by atoms with E-state index in [0.717, 1.165) is 35.9 Å². The van der Waals surface area contributed by atoms with Crippen molar-refractivity contribution in [3.05, 3.63) is 28.7 Å². The summed E-state index contributed by atoms with van der Waals surface area (Å²) in [7, 11) is 0. The fourth-order valence-electron chi connectivity index (χ4n) is 4.72. The van der Waals surface area contributed by atoms with Crippen molar-refractivity contribution in [1.29, 1.82) is 0 Å². The van der Waals surface area contributed by atoms with E-state index in [1.807, 2.05) is 4.90 Å². The van der Waals surface area contributed by atoms with Crippen molar-refractivity contribution in [2.24, 2.45) is 5.16 Å². The predicted octanol–water partition coefficient (Wildman–Crippen LogP) is -1.44. The first kappa shape index (κ1) is 24.2. The number of nitrogens with zero attached hydrogens (tertiary/aromatic N) is 5. The Morgan fingerprint density at radius 1 is 1.33 bits per heavy atom. The molecule has 16 heteroatoms. The highest BCUT2D eigenvalue weighted by atomic mass is 32.2. The Kier molecular flexibility index (Phi) is 6.40. The lowest BCUT2D eigenvalue weighted by Crippen LogP contribution is -2.71. The average molecular weight is 535 g/mol. The van der Waals surface area contributed by atoms with Gasteiger partial charge in [0.15, 0.2) is 5.13 Å². The van der Waals surface area contributed by atoms with E-state index in [4.69, 9.17) is 5.73 Å². The molecule has 3 atom stereocenters. The highest BCUT2D eigenvalue weighted by molar-refractivity contribution is 8.00. The molecular weight excluding hydrogens is 512 g/mol. The van der Waals surface area contributed by atoms with Crippen LogP contribution in [0.4, 0.5) is 5.13 Å². The minimum Gasteiger partial charge on any atom is -0.477 e. The molecule has 3 saturated heterocycles. The van der Waals surface area contributed by atoms with E-state index in [1.54, 1.807) is 6.08 Å². The molecule has 1 aromatic heterocycles. The van der Waals surface area contributed by atoms with Gasteiger partial charge in [0.25, 0.3) is 11.8 Å². The van der Waals surface area contributed by atoms with Gasteiger partial charge < -0.3 is 31.6 Å². The van der Waals surface area contributed by atoms with Crippen LogP contribution < -0.4 is 16.4 Å². The van der Waals surface area contributed by atoms with Crippen LogP contribution >= 0.6 is 23.3 Å². The maximum absolute atomic E-state index is 12.9. The lowest BCUT2D eigenvalue weighted by Gasteiger charge is -2.49. The van der Waals surface area contributed by atoms with Crippen LogP contribution in [0.25, 0.3) is 0 Å². The number of thioether (sulfide) groups is 1. The Bertz CT molecular complexity index is 1240. The van der Waals surface area contributed by atoms with Crippen LogP contribution in [0, 0.1) is 0 Å². The maximum atomic E-state index is 12.9. The summed E-state index contributed by atoms with van der Waals surface area (Å²) in [5.74, 6) is -2.90. The first-order chi connectivity index (χ1) is 17.3. The summed E-state index contributed by atoms with van der Waals surface area (Å²) in [5, 5.41) is 27.1. The van der Waals surface area contributed by atoms with Crippen LogP contribution in [0.3, 0.4) is 0 Å². The number of hydrogen-bond acceptors (Lipinski definition) is 12. The summed E-state index contributed by atoms with van der Waals surface area (Å²) in [6, 6.07) is -0.914. The molecule has 1 aromatic rings. The Morgan fingerprint density at radius 2 is 2.14 bits per heavy atom. The molecule has 4 aliphatic rings. The summed E-state index contributed by atoms with van der Waals surface area (Å²) in [6.45, 7) is 2.17. The number of likely N-dealkylation sites (tertiary alicyclic amines) is 1. The highest BCUT2D eigenvalue weighted by Crippen LogP contribution is 2.41. The number of allylic oxidation sites excluding steroid dienone is 1. The summed E-state index contributed by atoms with van der Waals surface area (Å²) in [5.41, 5.74) is 5.67. The Balaban J connectivity index is 1.33. The van der Waals surface area contributed by atoms with Crippen molar-refractivity contribution in [3.8, 4) is 0 Å². The van der Waals surface area contributed by atoms with Gasteiger partial charge in [-0.15, -0.1) is 11.8 Å². The van der Waals surface area contributed by atoms with Crippen molar-refractivity contribution in [3.63, 3.8) is 0 Å². The largest absolute Gasteiger partial charge is 0.477 e. The zero-order valence-electron chi connectivity index (χ0n) is 18.7. The molecule has 36 heavy (non-hydrogen) atoms. The number of aromatic nitrogens is 2. The lowest BCUT2D eigenvalue weighted by molar-refractivity contribution is -0.150. The van der Waals surface area contributed by atoms with Gasteiger partial charge in [0.2, 0.25) is 17.4 Å². The molecule has 5 heterocycles. The minimum absolute atomic E-state index is 0.0642. The summed E-state index contributed by atoms with van der Waals surface area (Å²) < 4.78 is 3.82. The number of fused-ring (bicyclic) bond motifs is 1. The Hall–Kier alpha value is -3.50. The minimum atomic E-state index is -1.30. The number of β-lactam (4-membered cyclic amide) rings is 1. The molecule has 0 bridgehead atoms. The van der Waals surface area contributed by atoms with Crippen molar-refractivity contribution in [1.82, 2.24) is 29.8 Å². The van der Waals surface area contributed by atoms with E-state index in [0.29, 0.717) is 24.1 Å². The van der Waals surface area contributed by atoms with Gasteiger partial charge in [-0.1, -0.05) is 5.16 Å². The molecule has 0 spiro atoms. The smallest absolute Gasteiger partial charge is 0.352 e. The van der Waals surface area contributed by atoms with E-state index < -0.39 is 34.9 Å². The number of aliphatic carboxylic acids is 1. The molecule has 4 aliphatic heterocycles. The zero-order chi connectivity index (χ0) is 25.6. The van der Waals surface area contributed by atoms with Gasteiger partial charge in [0.05, 0.1) is 0 Å². The fourth-order valence-corrected chi connectivity index (χ4v) is 6.46. The summed E-state index contributed by atoms with van der Waals surface area (Å²) >= 11 is 2.07. The highest BCUT2D eigenvalue weighted by Gasteiger charge is 2.54. The van der Waals surface area contributed by atoms with Crippen LogP contribution in [-0.2, 0) is 19.2 Å². The maximum Gasteiger partial charge on any atom is 0.352 e. The molecular formula is C20H22N8O6S2. The normalized spacial score (nSPS) is 27.5. The SMILES string of the molecule is Nc1nc(/C(=N/O)C(=O)N[C@@H]2C(=O)N3C(C(=O)O)=C(/C=C4\CCN(C5CCNC5)C4=O)CS[C@H]23)ns1. The zero-order valence-corrected chi connectivity index (χ0v) is 20.3. The standard InChI is InChI=1S/C20H22N8O6S2/c21-20-24-14(26-36-20)11(25-34)15(29)23-12-17(31)28-13(19(32)33)9(7-35-18(12)28)5-8-2-4-27(16(8)30)10-1-3-22-6-10/h5,10,12,18,22,34H,1-4,6-7H2,(H,23,29)(H,32,33)(H2,21,24,26)/b8-5+,25-11-/t10?,12-,18-/m1/s1. The number of carbonyl (C=O) groups is 4. The van der Waals surface area contributed by atoms with Crippen molar-refractivity contribution >= 4 is 57.8 Å². The number of carbonyl (C=O) groups excluding carboxylic acids is 3. The number of nitrogen functional groups attached to an aromatic ring is 1. The number of carboxylic acids is 1. The van der Waals surface area contributed by atoms with E-state index >= 15 is 0 Å². The molecule has 0 saturated carbocycles. The quantitative estimate of drug-likeness (QED) is 0.0939. The first-order valence-corrected chi connectivity index (χ1v) is 12.9. The molecule has 3 fully saturated rings. The van der Waals surface area contributed by atoms with Crippen LogP contribution in [0.2, 0.25) is 0 Å². The van der Waals surface area contributed by atoms with Crippen molar-refractivity contribution in [2.45, 2.75) is 30.3 Å². The topological polar surface area (TPSA) is 203 Å². The molecule has 3 amide bonds. The third-order valence-corrected chi connectivity index (χ3v) is 8.28. The van der Waals surface area contributed by atoms with Crippen LogP contribution in [0.5, 0.6) is 0 Å². The van der Waals surface area contributed by atoms with E-state index in [2.05, 4.69) is 25.1 Å². The molecule has 14 nitrogen and oxygen atoms in total. The predicted molar refractivity (Wildman–Crippen MR) is 128 cm³/mol. The number of oxime groups is 1. The van der Waals surface area contributed by atoms with Gasteiger partial charge in [-0.25, -0.2) is 4.79 Å². The Labute approximate surface area is 212 Å². The van der Waals surface area contributed by atoms with Crippen LogP contribution in [-0.4, -0.2) is 102 Å². The molecule has 1 unspecified atom stereocenters. The van der Waals surface area contributed by atoms with Crippen molar-refractivity contribution in [2.75, 3.05) is 31.1 Å². The van der Waals surface area contributed by atoms with E-state index in [1.165, 1.54) is 11.8 Å². The second-order valence-corrected chi connectivity index (χ2v) is 10.4. The summed E-state index contributed by atoms with van der Waals surface area (Å²) in [4.78, 5) is 57.3. The first-order valence-electron chi connectivity index (χ1n) is 11.1. The third-order valence-electron chi connectivity index (χ3n) is 6.44. The summed E-state index contributed by atoms with van der Waals surface area (Å²) in [6.07, 6.45) is 2.97. The van der Waals surface area contributed by atoms with E-state index in [9.17, 15) is 29.5 Å². The third kappa shape index (κ3) is 4.10. The van der Waals surface area contributed by atoms with Crippen LogP contribution in [0.1, 0.15) is 18.7 Å². The van der Waals surface area contributed by atoms with E-state index in [-0.39, 0.29) is 34.4 Å². The fraction of sp³-hybridized carbons (Fsp3) is 0.450. The van der Waals surface area contributed by atoms with Gasteiger partial charge in [-0.2, -0.15) is 9.36 Å². The molecule has 190 valence electrons. The number of nitrogens with two attached hydrogens (primary N) is 1. The molecule has 5 rings (SSSR count). The van der Waals surface area contributed by atoms with Gasteiger partial charge in [0.1, 0.15) is 17.1 Å². The lowest BCUT2D eigenvalue weighted by atomic mass is 10.0. The second kappa shape index (κ2) is 9.51. The van der Waals surface area contributed by atoms with Gasteiger partial charge in [0, 0.05) is 42.0 Å². The Morgan fingerprint density at radius 3 is 2.78 bits per heavy atom. The molecule has 0 aliphatic carbocycles. The van der Waals surface area contributed by atoms with Gasteiger partial charge in [-0.3, -0.25) is 19.3 Å². The number of amides is 3. The molecule has 6 N–H and O–H groups in total. The average Bonchev–Trinajstić information content (AvgIpc) is 3.60. The number of rotatable bonds is 6. The van der Waals surface area contributed by atoms with Crippen molar-refractivity contribution < 1.29 is 29.5 Å². The number of carboxylic acid groups (broad SMARTS) is 1. The monoisotopic (exact) mass is 534 g/mol. The number of hydrogen-bond donors (Lipinski definition) is 5. The number of anilines is 1. The van der Waals surface area contributed by atoms with Crippen LogP contribution in [0.15, 0.2) is 28.1 Å².